The van der Waals surface area contributed by atoms with Crippen LogP contribution in [0, 0.1) is 0 Å². The smallest absolute Gasteiger partial charge is 0.251 e. The van der Waals surface area contributed by atoms with E-state index in [0.29, 0.717) is 18.7 Å². The van der Waals surface area contributed by atoms with Crippen molar-refractivity contribution in [1.82, 2.24) is 5.32 Å². The minimum absolute atomic E-state index is 0.0313. The van der Waals surface area contributed by atoms with E-state index in [-0.39, 0.29) is 5.91 Å². The first-order valence-corrected chi connectivity index (χ1v) is 8.22. The van der Waals surface area contributed by atoms with Crippen molar-refractivity contribution in [3.63, 3.8) is 0 Å². The second-order valence-corrected chi connectivity index (χ2v) is 5.72. The average molecular weight is 319 g/mol. The van der Waals surface area contributed by atoms with E-state index in [2.05, 4.69) is 29.6 Å². The van der Waals surface area contributed by atoms with Crippen LogP contribution in [0.3, 0.4) is 0 Å². The van der Waals surface area contributed by atoms with Crippen molar-refractivity contribution in [2.75, 3.05) is 13.2 Å². The first-order chi connectivity index (χ1) is 11.8. The van der Waals surface area contributed by atoms with Crippen LogP contribution >= 0.6 is 0 Å². The molecule has 0 aliphatic carbocycles. The van der Waals surface area contributed by atoms with E-state index >= 15 is 0 Å². The fraction of sp³-hybridized carbons (Fsp3) is 0.190. The topological polar surface area (TPSA) is 38.3 Å². The summed E-state index contributed by atoms with van der Waals surface area (Å²) in [5.74, 6) is 0.919. The Balaban J connectivity index is 1.61. The fourth-order valence-electron chi connectivity index (χ4n) is 2.64. The molecule has 2 aromatic rings. The van der Waals surface area contributed by atoms with Gasteiger partial charge < -0.3 is 10.1 Å². The highest BCUT2D eigenvalue weighted by atomic mass is 16.5. The average Bonchev–Trinajstić information content (AvgIpc) is 2.62. The number of fused-ring (bicyclic) bond motifs is 1. The highest BCUT2D eigenvalue weighted by molar-refractivity contribution is 5.94. The molecule has 0 unspecified atom stereocenters. The SMILES string of the molecule is CCNC(=O)c1ccc(C=CCC2=Cc3ccccc3OC2)cc1. The first-order valence-electron chi connectivity index (χ1n) is 8.22. The Bertz CT molecular complexity index is 773. The molecule has 3 nitrogen and oxygen atoms in total. The van der Waals surface area contributed by atoms with Crippen LogP contribution in [0.5, 0.6) is 5.75 Å². The lowest BCUT2D eigenvalue weighted by molar-refractivity contribution is 0.0956. The third-order valence-electron chi connectivity index (χ3n) is 3.89. The van der Waals surface area contributed by atoms with Gasteiger partial charge in [-0.1, -0.05) is 42.5 Å². The van der Waals surface area contributed by atoms with Crippen LogP contribution in [0.1, 0.15) is 34.8 Å². The number of para-hydroxylation sites is 1. The summed E-state index contributed by atoms with van der Waals surface area (Å²) >= 11 is 0. The zero-order valence-electron chi connectivity index (χ0n) is 13.8. The number of rotatable bonds is 5. The zero-order chi connectivity index (χ0) is 16.8. The van der Waals surface area contributed by atoms with Crippen molar-refractivity contribution < 1.29 is 9.53 Å². The third-order valence-corrected chi connectivity index (χ3v) is 3.89. The summed E-state index contributed by atoms with van der Waals surface area (Å²) in [6.07, 6.45) is 7.25. The van der Waals surface area contributed by atoms with E-state index in [1.807, 2.05) is 49.4 Å². The van der Waals surface area contributed by atoms with Gasteiger partial charge in [-0.05, 0) is 48.8 Å². The molecule has 0 radical (unpaired) electrons. The molecule has 1 N–H and O–H groups in total. The van der Waals surface area contributed by atoms with Crippen LogP contribution < -0.4 is 10.1 Å². The van der Waals surface area contributed by atoms with Crippen LogP contribution in [0.25, 0.3) is 12.2 Å². The maximum absolute atomic E-state index is 11.7. The highest BCUT2D eigenvalue weighted by Crippen LogP contribution is 2.27. The van der Waals surface area contributed by atoms with Crippen LogP contribution in [-0.2, 0) is 0 Å². The van der Waals surface area contributed by atoms with Gasteiger partial charge in [0.15, 0.2) is 0 Å². The maximum Gasteiger partial charge on any atom is 0.251 e. The van der Waals surface area contributed by atoms with Gasteiger partial charge in [-0.15, -0.1) is 0 Å². The van der Waals surface area contributed by atoms with E-state index < -0.39 is 0 Å². The fourth-order valence-corrected chi connectivity index (χ4v) is 2.64. The molecular weight excluding hydrogens is 298 g/mol. The van der Waals surface area contributed by atoms with Crippen molar-refractivity contribution in [2.24, 2.45) is 0 Å². The van der Waals surface area contributed by atoms with Crippen molar-refractivity contribution in [3.05, 3.63) is 76.9 Å². The molecule has 24 heavy (non-hydrogen) atoms. The Labute approximate surface area is 142 Å². The van der Waals surface area contributed by atoms with Gasteiger partial charge in [0.1, 0.15) is 12.4 Å². The molecule has 1 aliphatic heterocycles. The molecule has 122 valence electrons. The molecule has 1 aliphatic rings. The molecule has 0 fully saturated rings. The van der Waals surface area contributed by atoms with E-state index in [1.54, 1.807) is 0 Å². The summed E-state index contributed by atoms with van der Waals surface area (Å²) in [5.41, 5.74) is 4.16. The van der Waals surface area contributed by atoms with Crippen molar-refractivity contribution in [1.29, 1.82) is 0 Å². The third kappa shape index (κ3) is 3.93. The van der Waals surface area contributed by atoms with Gasteiger partial charge in [0.05, 0.1) is 0 Å². The molecule has 0 saturated carbocycles. The summed E-state index contributed by atoms with van der Waals surface area (Å²) in [6, 6.07) is 15.7. The molecule has 1 heterocycles. The van der Waals surface area contributed by atoms with Gasteiger partial charge in [-0.25, -0.2) is 0 Å². The van der Waals surface area contributed by atoms with E-state index in [9.17, 15) is 4.79 Å². The van der Waals surface area contributed by atoms with Crippen molar-refractivity contribution >= 4 is 18.1 Å². The Hall–Kier alpha value is -2.81. The second kappa shape index (κ2) is 7.64. The first kappa shape index (κ1) is 16.1. The minimum atomic E-state index is -0.0313. The Kier molecular flexibility index (Phi) is 5.12. The highest BCUT2D eigenvalue weighted by Gasteiger charge is 2.09. The molecule has 0 saturated heterocycles. The second-order valence-electron chi connectivity index (χ2n) is 5.72. The summed E-state index contributed by atoms with van der Waals surface area (Å²) in [5, 5.41) is 2.80. The summed E-state index contributed by atoms with van der Waals surface area (Å²) in [6.45, 7) is 3.19. The zero-order valence-corrected chi connectivity index (χ0v) is 13.8. The van der Waals surface area contributed by atoms with Crippen molar-refractivity contribution in [3.8, 4) is 5.75 Å². The molecule has 0 bridgehead atoms. The quantitative estimate of drug-likeness (QED) is 0.891. The van der Waals surface area contributed by atoms with Crippen LogP contribution in [0.2, 0.25) is 0 Å². The summed E-state index contributed by atoms with van der Waals surface area (Å²) in [4.78, 5) is 11.7. The molecule has 0 spiro atoms. The van der Waals surface area contributed by atoms with Crippen LogP contribution in [0.15, 0.2) is 60.2 Å². The van der Waals surface area contributed by atoms with Gasteiger partial charge >= 0.3 is 0 Å². The number of hydrogen-bond donors (Lipinski definition) is 1. The molecule has 0 aromatic heterocycles. The lowest BCUT2D eigenvalue weighted by Gasteiger charge is -2.16. The Morgan fingerprint density at radius 3 is 2.75 bits per heavy atom. The summed E-state index contributed by atoms with van der Waals surface area (Å²) < 4.78 is 5.76. The van der Waals surface area contributed by atoms with Gasteiger partial charge in [0.2, 0.25) is 0 Å². The monoisotopic (exact) mass is 319 g/mol. The standard InChI is InChI=1S/C21H21NO2/c1-2-22-21(23)18-12-10-16(11-13-18)6-5-7-17-14-19-8-3-4-9-20(19)24-15-17/h3-6,8-14H,2,7,15H2,1H3,(H,22,23). The molecule has 3 rings (SSSR count). The Morgan fingerprint density at radius 2 is 1.96 bits per heavy atom. The predicted octanol–water partition coefficient (Wildman–Crippen LogP) is 4.32. The van der Waals surface area contributed by atoms with E-state index in [0.717, 1.165) is 23.3 Å². The lowest BCUT2D eigenvalue weighted by Crippen LogP contribution is -2.22. The number of amides is 1. The molecule has 1 amide bonds. The number of benzene rings is 2. The van der Waals surface area contributed by atoms with Crippen LogP contribution in [0.4, 0.5) is 0 Å². The van der Waals surface area contributed by atoms with Gasteiger partial charge in [0, 0.05) is 17.7 Å². The lowest BCUT2D eigenvalue weighted by atomic mass is 10.0. The largest absolute Gasteiger partial charge is 0.489 e. The van der Waals surface area contributed by atoms with Crippen molar-refractivity contribution in [2.45, 2.75) is 13.3 Å². The molecule has 3 heteroatoms. The molecule has 0 atom stereocenters. The van der Waals surface area contributed by atoms with E-state index in [1.165, 1.54) is 5.57 Å². The number of allylic oxidation sites excluding steroid dienone is 1. The number of carbonyl (C=O) groups excluding carboxylic acids is 1. The number of carbonyl (C=O) groups is 1. The summed E-state index contributed by atoms with van der Waals surface area (Å²) in [7, 11) is 0. The van der Waals surface area contributed by atoms with Gasteiger partial charge in [-0.3, -0.25) is 4.79 Å². The molecule has 2 aromatic carbocycles. The normalized spacial score (nSPS) is 13.1. The van der Waals surface area contributed by atoms with Gasteiger partial charge in [0.25, 0.3) is 5.91 Å². The minimum Gasteiger partial charge on any atom is -0.489 e. The number of hydrogen-bond acceptors (Lipinski definition) is 2. The molecular formula is C21H21NO2. The Morgan fingerprint density at radius 1 is 1.17 bits per heavy atom. The van der Waals surface area contributed by atoms with Gasteiger partial charge in [-0.2, -0.15) is 0 Å². The van der Waals surface area contributed by atoms with E-state index in [4.69, 9.17) is 4.74 Å². The predicted molar refractivity (Wildman–Crippen MR) is 98.0 cm³/mol. The maximum atomic E-state index is 11.7. The number of ether oxygens (including phenoxy) is 1. The number of nitrogens with one attached hydrogen (secondary N) is 1. The van der Waals surface area contributed by atoms with Crippen LogP contribution in [-0.4, -0.2) is 19.1 Å².